The molecule has 4 nitrogen and oxygen atoms in total. The average Bonchev–Trinajstić information content (AvgIpc) is 3.17. The summed E-state index contributed by atoms with van der Waals surface area (Å²) in [4.78, 5) is 16.2. The molecule has 4 aromatic carbocycles. The average molecular weight is 502 g/mol. The Morgan fingerprint density at radius 3 is 2.27 bits per heavy atom. The number of phenolic OH excluding ortho intramolecular Hbond substituents is 1. The van der Waals surface area contributed by atoms with Gasteiger partial charge in [-0.25, -0.2) is 8.78 Å². The Balaban J connectivity index is 1.43. The third-order valence-corrected chi connectivity index (χ3v) is 6.95. The van der Waals surface area contributed by atoms with Crippen LogP contribution in [0.3, 0.4) is 0 Å². The molecule has 1 fully saturated rings. The van der Waals surface area contributed by atoms with Crippen LogP contribution in [0.25, 0.3) is 21.9 Å². The van der Waals surface area contributed by atoms with Crippen LogP contribution in [-0.2, 0) is 0 Å². The monoisotopic (exact) mass is 501 g/mol. The number of ketones is 1. The van der Waals surface area contributed by atoms with Gasteiger partial charge in [-0.05, 0) is 96.9 Å². The van der Waals surface area contributed by atoms with Gasteiger partial charge in [0.05, 0.1) is 5.56 Å². The number of aromatic hydroxyl groups is 1. The van der Waals surface area contributed by atoms with E-state index in [2.05, 4.69) is 4.90 Å². The number of fused-ring (bicyclic) bond motifs is 1. The molecule has 0 bridgehead atoms. The number of carbonyl (C=O) groups excluding carboxylic acids is 1. The van der Waals surface area contributed by atoms with Crippen LogP contribution < -0.4 is 4.74 Å². The second-order valence-electron chi connectivity index (χ2n) is 9.45. The van der Waals surface area contributed by atoms with E-state index in [-0.39, 0.29) is 28.2 Å². The fraction of sp³-hybridized carbons (Fsp3) is 0.258. The first-order valence-electron chi connectivity index (χ1n) is 12.7. The molecule has 1 aliphatic heterocycles. The van der Waals surface area contributed by atoms with Crippen molar-refractivity contribution in [2.75, 3.05) is 26.2 Å². The normalized spacial score (nSPS) is 14.4. The van der Waals surface area contributed by atoms with Crippen molar-refractivity contribution in [3.8, 4) is 22.6 Å². The van der Waals surface area contributed by atoms with E-state index in [1.807, 2.05) is 0 Å². The summed E-state index contributed by atoms with van der Waals surface area (Å²) < 4.78 is 35.4. The molecular formula is C31H29F2NO3. The van der Waals surface area contributed by atoms with Crippen LogP contribution in [0.1, 0.15) is 41.6 Å². The molecule has 0 radical (unpaired) electrons. The van der Waals surface area contributed by atoms with E-state index in [0.29, 0.717) is 28.7 Å². The lowest BCUT2D eigenvalue weighted by Gasteiger charge is -2.19. The highest BCUT2D eigenvalue weighted by Gasteiger charge is 2.23. The number of hydrogen-bond donors (Lipinski definition) is 1. The van der Waals surface area contributed by atoms with Crippen molar-refractivity contribution in [2.24, 2.45) is 0 Å². The lowest BCUT2D eigenvalue weighted by atomic mass is 9.89. The van der Waals surface area contributed by atoms with E-state index < -0.39 is 11.6 Å². The first-order valence-corrected chi connectivity index (χ1v) is 12.7. The van der Waals surface area contributed by atoms with Gasteiger partial charge in [-0.2, -0.15) is 0 Å². The van der Waals surface area contributed by atoms with Crippen LogP contribution in [0, 0.1) is 11.6 Å². The third-order valence-electron chi connectivity index (χ3n) is 6.95. The van der Waals surface area contributed by atoms with Gasteiger partial charge in [0.1, 0.15) is 29.7 Å². The van der Waals surface area contributed by atoms with Crippen molar-refractivity contribution in [1.29, 1.82) is 0 Å². The summed E-state index contributed by atoms with van der Waals surface area (Å²) in [5, 5.41) is 11.0. The Labute approximate surface area is 215 Å². The van der Waals surface area contributed by atoms with Crippen LogP contribution in [0.4, 0.5) is 8.78 Å². The number of nitrogens with zero attached hydrogens (tertiary/aromatic N) is 1. The Kier molecular flexibility index (Phi) is 7.47. The van der Waals surface area contributed by atoms with Crippen molar-refractivity contribution in [2.45, 2.75) is 25.7 Å². The molecule has 0 aromatic heterocycles. The molecule has 0 unspecified atom stereocenters. The number of hydrogen-bond acceptors (Lipinski definition) is 4. The molecule has 0 saturated carbocycles. The highest BCUT2D eigenvalue weighted by atomic mass is 19.1. The summed E-state index contributed by atoms with van der Waals surface area (Å²) in [6.45, 7) is 3.63. The van der Waals surface area contributed by atoms with Gasteiger partial charge < -0.3 is 9.84 Å². The van der Waals surface area contributed by atoms with Crippen LogP contribution in [0.15, 0.2) is 72.8 Å². The molecule has 0 atom stereocenters. The summed E-state index contributed by atoms with van der Waals surface area (Å²) in [5.41, 5.74) is 0.459. The number of likely N-dealkylation sites (tertiary alicyclic amines) is 1. The van der Waals surface area contributed by atoms with Crippen LogP contribution in [0.2, 0.25) is 0 Å². The predicted octanol–water partition coefficient (Wildman–Crippen LogP) is 6.98. The molecule has 1 aliphatic rings. The Morgan fingerprint density at radius 1 is 0.865 bits per heavy atom. The van der Waals surface area contributed by atoms with Gasteiger partial charge in [-0.1, -0.05) is 31.0 Å². The molecule has 1 saturated heterocycles. The molecule has 0 aliphatic carbocycles. The van der Waals surface area contributed by atoms with Crippen LogP contribution >= 0.6 is 0 Å². The zero-order valence-electron chi connectivity index (χ0n) is 20.6. The number of benzene rings is 4. The maximum absolute atomic E-state index is 14.8. The minimum absolute atomic E-state index is 0.0393. The topological polar surface area (TPSA) is 49.8 Å². The standard InChI is InChI=1S/C31H29F2NO3/c32-27-6-5-7-28(33)30(27)26-14-10-22-20-23(35)11-15-25(22)29(26)31(36)21-8-12-24(13-9-21)37-19-18-34-16-3-1-2-4-17-34/h5-15,20,35H,1-4,16-19H2. The summed E-state index contributed by atoms with van der Waals surface area (Å²) in [5.74, 6) is -1.17. The molecule has 0 amide bonds. The lowest BCUT2D eigenvalue weighted by molar-refractivity contribution is 0.104. The van der Waals surface area contributed by atoms with Crippen molar-refractivity contribution >= 4 is 16.6 Å². The van der Waals surface area contributed by atoms with Crippen molar-refractivity contribution in [3.05, 3.63) is 95.6 Å². The van der Waals surface area contributed by atoms with E-state index in [1.165, 1.54) is 62.1 Å². The van der Waals surface area contributed by atoms with Gasteiger partial charge in [0.15, 0.2) is 5.78 Å². The van der Waals surface area contributed by atoms with Gasteiger partial charge in [0.2, 0.25) is 0 Å². The largest absolute Gasteiger partial charge is 0.508 e. The van der Waals surface area contributed by atoms with Gasteiger partial charge >= 0.3 is 0 Å². The van der Waals surface area contributed by atoms with Gasteiger partial charge in [-0.15, -0.1) is 0 Å². The van der Waals surface area contributed by atoms with E-state index in [9.17, 15) is 18.7 Å². The molecule has 6 heteroatoms. The van der Waals surface area contributed by atoms with Crippen molar-refractivity contribution < 1.29 is 23.4 Å². The van der Waals surface area contributed by atoms with E-state index in [0.717, 1.165) is 19.6 Å². The Hall–Kier alpha value is -3.77. The maximum Gasteiger partial charge on any atom is 0.194 e. The highest BCUT2D eigenvalue weighted by Crippen LogP contribution is 2.36. The van der Waals surface area contributed by atoms with Crippen LogP contribution in [-0.4, -0.2) is 42.0 Å². The molecule has 190 valence electrons. The van der Waals surface area contributed by atoms with Crippen molar-refractivity contribution in [1.82, 2.24) is 4.90 Å². The number of carbonyl (C=O) groups is 1. The van der Waals surface area contributed by atoms with Crippen LogP contribution in [0.5, 0.6) is 11.5 Å². The lowest BCUT2D eigenvalue weighted by Crippen LogP contribution is -2.29. The molecule has 37 heavy (non-hydrogen) atoms. The minimum Gasteiger partial charge on any atom is -0.508 e. The minimum atomic E-state index is -0.750. The van der Waals surface area contributed by atoms with E-state index in [4.69, 9.17) is 4.74 Å². The zero-order chi connectivity index (χ0) is 25.8. The maximum atomic E-state index is 14.8. The summed E-state index contributed by atoms with van der Waals surface area (Å²) in [7, 11) is 0. The number of rotatable bonds is 7. The fourth-order valence-electron chi connectivity index (χ4n) is 5.02. The van der Waals surface area contributed by atoms with E-state index in [1.54, 1.807) is 36.4 Å². The van der Waals surface area contributed by atoms with Crippen molar-refractivity contribution in [3.63, 3.8) is 0 Å². The quantitative estimate of drug-likeness (QED) is 0.278. The predicted molar refractivity (Wildman–Crippen MR) is 141 cm³/mol. The molecule has 4 aromatic rings. The van der Waals surface area contributed by atoms with E-state index >= 15 is 0 Å². The summed E-state index contributed by atoms with van der Waals surface area (Å²) in [6, 6.07) is 18.2. The van der Waals surface area contributed by atoms with Gasteiger partial charge in [0.25, 0.3) is 0 Å². The second-order valence-corrected chi connectivity index (χ2v) is 9.45. The van der Waals surface area contributed by atoms with Gasteiger partial charge in [-0.3, -0.25) is 9.69 Å². The molecule has 5 rings (SSSR count). The molecule has 0 spiro atoms. The Morgan fingerprint density at radius 2 is 1.57 bits per heavy atom. The molecule has 1 heterocycles. The fourth-order valence-corrected chi connectivity index (χ4v) is 5.02. The molecular weight excluding hydrogens is 472 g/mol. The smallest absolute Gasteiger partial charge is 0.194 e. The third kappa shape index (κ3) is 5.49. The van der Waals surface area contributed by atoms with Gasteiger partial charge in [0, 0.05) is 17.7 Å². The second kappa shape index (κ2) is 11.1. The first kappa shape index (κ1) is 24.9. The SMILES string of the molecule is O=C(c1ccc(OCCN2CCCCCC2)cc1)c1c(-c2c(F)cccc2F)ccc2cc(O)ccc12. The zero-order valence-corrected chi connectivity index (χ0v) is 20.6. The highest BCUT2D eigenvalue weighted by molar-refractivity contribution is 6.20. The summed E-state index contributed by atoms with van der Waals surface area (Å²) in [6.07, 6.45) is 5.03. The Bertz CT molecular complexity index is 1390. The number of ether oxygens (including phenoxy) is 1. The first-order chi connectivity index (χ1) is 18.0. The number of halogens is 2. The molecule has 1 N–H and O–H groups in total. The summed E-state index contributed by atoms with van der Waals surface area (Å²) >= 11 is 0. The number of phenols is 1.